The molecule has 1 atom stereocenters. The predicted octanol–water partition coefficient (Wildman–Crippen LogP) is 0.683. The Balaban J connectivity index is 2.64. The fraction of sp³-hybridized carbons (Fsp3) is 0.300. The molecule has 0 bridgehead atoms. The summed E-state index contributed by atoms with van der Waals surface area (Å²) in [5, 5.41) is 11.6. The van der Waals surface area contributed by atoms with Gasteiger partial charge in [-0.25, -0.2) is 0 Å². The van der Waals surface area contributed by atoms with Crippen molar-refractivity contribution in [2.75, 3.05) is 12.4 Å². The van der Waals surface area contributed by atoms with Crippen molar-refractivity contribution in [1.29, 1.82) is 0 Å². The average molecular weight is 194 g/mol. The van der Waals surface area contributed by atoms with E-state index in [-0.39, 0.29) is 0 Å². The van der Waals surface area contributed by atoms with E-state index in [0.29, 0.717) is 6.42 Å². The summed E-state index contributed by atoms with van der Waals surface area (Å²) in [7, 11) is 1.83. The number of nitrogens with one attached hydrogen (secondary N) is 1. The van der Waals surface area contributed by atoms with Crippen LogP contribution in [0.25, 0.3) is 0 Å². The van der Waals surface area contributed by atoms with Crippen LogP contribution in [0.15, 0.2) is 24.3 Å². The minimum atomic E-state index is -0.970. The summed E-state index contributed by atoms with van der Waals surface area (Å²) in [5.41, 5.74) is 7.33. The number of anilines is 1. The van der Waals surface area contributed by atoms with Gasteiger partial charge in [-0.05, 0) is 24.1 Å². The third-order valence-electron chi connectivity index (χ3n) is 2.02. The molecule has 0 aliphatic carbocycles. The first-order valence-corrected chi connectivity index (χ1v) is 4.38. The van der Waals surface area contributed by atoms with Crippen molar-refractivity contribution in [1.82, 2.24) is 0 Å². The van der Waals surface area contributed by atoms with Gasteiger partial charge in [0, 0.05) is 12.7 Å². The van der Waals surface area contributed by atoms with Gasteiger partial charge in [0.25, 0.3) is 0 Å². The second-order valence-electron chi connectivity index (χ2n) is 3.10. The first-order chi connectivity index (χ1) is 6.63. The molecular formula is C10H14N2O2. The number of carbonyl (C=O) groups is 1. The number of nitrogens with two attached hydrogens (primary N) is 1. The number of carboxylic acids is 1. The van der Waals surface area contributed by atoms with Crippen LogP contribution >= 0.6 is 0 Å². The highest BCUT2D eigenvalue weighted by Gasteiger charge is 2.11. The van der Waals surface area contributed by atoms with E-state index in [1.165, 1.54) is 0 Å². The molecule has 4 nitrogen and oxygen atoms in total. The van der Waals surface area contributed by atoms with Crippen LogP contribution in [-0.2, 0) is 11.2 Å². The molecule has 0 saturated carbocycles. The van der Waals surface area contributed by atoms with E-state index in [1.807, 2.05) is 31.3 Å². The molecule has 4 heteroatoms. The number of hydrogen-bond acceptors (Lipinski definition) is 3. The first kappa shape index (κ1) is 10.5. The lowest BCUT2D eigenvalue weighted by atomic mass is 10.1. The molecule has 0 heterocycles. The normalized spacial score (nSPS) is 12.1. The van der Waals surface area contributed by atoms with Gasteiger partial charge in [0.1, 0.15) is 6.04 Å². The Hall–Kier alpha value is -1.55. The summed E-state index contributed by atoms with van der Waals surface area (Å²) >= 11 is 0. The Labute approximate surface area is 82.7 Å². The minimum absolute atomic E-state index is 0.360. The third kappa shape index (κ3) is 2.74. The molecule has 14 heavy (non-hydrogen) atoms. The number of benzene rings is 1. The van der Waals surface area contributed by atoms with E-state index in [4.69, 9.17) is 10.8 Å². The van der Waals surface area contributed by atoms with Gasteiger partial charge in [-0.2, -0.15) is 0 Å². The highest BCUT2D eigenvalue weighted by Crippen LogP contribution is 2.09. The van der Waals surface area contributed by atoms with Gasteiger partial charge in [0.15, 0.2) is 0 Å². The predicted molar refractivity (Wildman–Crippen MR) is 55.3 cm³/mol. The van der Waals surface area contributed by atoms with Crippen LogP contribution in [0.2, 0.25) is 0 Å². The van der Waals surface area contributed by atoms with Gasteiger partial charge in [-0.1, -0.05) is 12.1 Å². The van der Waals surface area contributed by atoms with Crippen LogP contribution in [0.3, 0.4) is 0 Å². The Kier molecular flexibility index (Phi) is 3.48. The molecule has 0 amide bonds. The molecule has 0 spiro atoms. The van der Waals surface area contributed by atoms with Crippen molar-refractivity contribution in [2.45, 2.75) is 12.5 Å². The minimum Gasteiger partial charge on any atom is -0.480 e. The number of aliphatic carboxylic acids is 1. The summed E-state index contributed by atoms with van der Waals surface area (Å²) < 4.78 is 0. The zero-order valence-corrected chi connectivity index (χ0v) is 8.03. The maximum atomic E-state index is 10.5. The van der Waals surface area contributed by atoms with Crippen LogP contribution in [0, 0.1) is 0 Å². The number of hydrogen-bond donors (Lipinski definition) is 3. The maximum Gasteiger partial charge on any atom is 0.320 e. The van der Waals surface area contributed by atoms with Crippen molar-refractivity contribution in [3.8, 4) is 0 Å². The van der Waals surface area contributed by atoms with Gasteiger partial charge in [-0.3, -0.25) is 4.79 Å². The van der Waals surface area contributed by atoms with E-state index < -0.39 is 12.0 Å². The lowest BCUT2D eigenvalue weighted by Crippen LogP contribution is -2.32. The fourth-order valence-electron chi connectivity index (χ4n) is 1.15. The van der Waals surface area contributed by atoms with Crippen molar-refractivity contribution < 1.29 is 9.90 Å². The molecular weight excluding hydrogens is 180 g/mol. The molecule has 0 aliphatic heterocycles. The van der Waals surface area contributed by atoms with Gasteiger partial charge in [-0.15, -0.1) is 0 Å². The molecule has 76 valence electrons. The standard InChI is InChI=1S/C10H14N2O2/c1-12-8-4-2-7(3-5-8)6-9(11)10(13)14/h2-5,9,12H,6,11H2,1H3,(H,13,14)/t9-/m0/s1. The zero-order valence-electron chi connectivity index (χ0n) is 8.03. The summed E-state index contributed by atoms with van der Waals surface area (Å²) in [4.78, 5) is 10.5. The zero-order chi connectivity index (χ0) is 10.6. The van der Waals surface area contributed by atoms with E-state index in [0.717, 1.165) is 11.3 Å². The van der Waals surface area contributed by atoms with Crippen LogP contribution in [0.1, 0.15) is 5.56 Å². The summed E-state index contributed by atoms with van der Waals surface area (Å²) in [6.45, 7) is 0. The number of rotatable bonds is 4. The average Bonchev–Trinajstić information content (AvgIpc) is 2.19. The smallest absolute Gasteiger partial charge is 0.320 e. The van der Waals surface area contributed by atoms with Crippen molar-refractivity contribution in [3.05, 3.63) is 29.8 Å². The molecule has 0 aromatic heterocycles. The molecule has 1 rings (SSSR count). The Morgan fingerprint density at radius 2 is 2.07 bits per heavy atom. The van der Waals surface area contributed by atoms with E-state index in [9.17, 15) is 4.79 Å². The molecule has 0 saturated heterocycles. The Bertz CT molecular complexity index is 308. The lowest BCUT2D eigenvalue weighted by Gasteiger charge is -2.07. The number of carboxylic acid groups (broad SMARTS) is 1. The third-order valence-corrected chi connectivity index (χ3v) is 2.02. The van der Waals surface area contributed by atoms with Crippen molar-refractivity contribution in [3.63, 3.8) is 0 Å². The van der Waals surface area contributed by atoms with Crippen molar-refractivity contribution >= 4 is 11.7 Å². The van der Waals surface area contributed by atoms with E-state index >= 15 is 0 Å². The van der Waals surface area contributed by atoms with Gasteiger partial charge in [0.2, 0.25) is 0 Å². The molecule has 1 aromatic carbocycles. The van der Waals surface area contributed by atoms with E-state index in [1.54, 1.807) is 0 Å². The fourth-order valence-corrected chi connectivity index (χ4v) is 1.15. The highest BCUT2D eigenvalue weighted by molar-refractivity contribution is 5.73. The molecule has 0 fully saturated rings. The summed E-state index contributed by atoms with van der Waals surface area (Å²) in [6, 6.07) is 6.70. The summed E-state index contributed by atoms with van der Waals surface area (Å²) in [5.74, 6) is -0.970. The summed E-state index contributed by atoms with van der Waals surface area (Å²) in [6.07, 6.45) is 0.360. The molecule has 0 aliphatic rings. The van der Waals surface area contributed by atoms with Crippen LogP contribution in [-0.4, -0.2) is 24.2 Å². The monoisotopic (exact) mass is 194 g/mol. The maximum absolute atomic E-state index is 10.5. The Morgan fingerprint density at radius 1 is 1.50 bits per heavy atom. The quantitative estimate of drug-likeness (QED) is 0.659. The second kappa shape index (κ2) is 4.62. The van der Waals surface area contributed by atoms with Gasteiger partial charge in [0.05, 0.1) is 0 Å². The van der Waals surface area contributed by atoms with Crippen LogP contribution in [0.4, 0.5) is 5.69 Å². The largest absolute Gasteiger partial charge is 0.480 e. The van der Waals surface area contributed by atoms with Crippen LogP contribution in [0.5, 0.6) is 0 Å². The lowest BCUT2D eigenvalue weighted by molar-refractivity contribution is -0.138. The van der Waals surface area contributed by atoms with E-state index in [2.05, 4.69) is 5.32 Å². The van der Waals surface area contributed by atoms with Crippen molar-refractivity contribution in [2.24, 2.45) is 5.73 Å². The van der Waals surface area contributed by atoms with Gasteiger partial charge >= 0.3 is 5.97 Å². The topological polar surface area (TPSA) is 75.3 Å². The molecule has 4 N–H and O–H groups in total. The molecule has 1 aromatic rings. The van der Waals surface area contributed by atoms with Crippen LogP contribution < -0.4 is 11.1 Å². The molecule has 0 unspecified atom stereocenters. The first-order valence-electron chi connectivity index (χ1n) is 4.38. The SMILES string of the molecule is CNc1ccc(C[C@H](N)C(=O)O)cc1. The highest BCUT2D eigenvalue weighted by atomic mass is 16.4. The second-order valence-corrected chi connectivity index (χ2v) is 3.10. The van der Waals surface area contributed by atoms with Gasteiger partial charge < -0.3 is 16.2 Å². The molecule has 0 radical (unpaired) electrons. The Morgan fingerprint density at radius 3 is 2.50 bits per heavy atom.